The second-order valence-corrected chi connectivity index (χ2v) is 4.63. The van der Waals surface area contributed by atoms with Crippen molar-refractivity contribution in [2.75, 3.05) is 6.54 Å². The number of nitrogens with one attached hydrogen (secondary N) is 1. The summed E-state index contributed by atoms with van der Waals surface area (Å²) in [5.74, 6) is 0. The van der Waals surface area contributed by atoms with Gasteiger partial charge < -0.3 is 11.1 Å². The van der Waals surface area contributed by atoms with Gasteiger partial charge in [0.25, 0.3) is 0 Å². The van der Waals surface area contributed by atoms with E-state index in [1.54, 1.807) is 11.3 Å². The Kier molecular flexibility index (Phi) is 2.98. The van der Waals surface area contributed by atoms with E-state index in [-0.39, 0.29) is 6.04 Å². The molecule has 2 unspecified atom stereocenters. The first kappa shape index (κ1) is 9.19. The smallest absolute Gasteiger partial charge is 0.0404 e. The summed E-state index contributed by atoms with van der Waals surface area (Å²) in [6, 6.07) is 5.08. The fraction of sp³-hybridized carbons (Fsp3) is 0.600. The fourth-order valence-electron chi connectivity index (χ4n) is 1.88. The molecule has 2 nitrogen and oxygen atoms in total. The van der Waals surface area contributed by atoms with Gasteiger partial charge in [0.2, 0.25) is 0 Å². The van der Waals surface area contributed by atoms with Crippen LogP contribution in [0.15, 0.2) is 17.5 Å². The third kappa shape index (κ3) is 2.30. The molecule has 2 rings (SSSR count). The summed E-state index contributed by atoms with van der Waals surface area (Å²) in [6.45, 7) is 1.17. The van der Waals surface area contributed by atoms with Gasteiger partial charge in [-0.1, -0.05) is 6.07 Å². The van der Waals surface area contributed by atoms with E-state index in [1.165, 1.54) is 24.3 Å². The van der Waals surface area contributed by atoms with Gasteiger partial charge in [-0.2, -0.15) is 0 Å². The Morgan fingerprint density at radius 3 is 3.23 bits per heavy atom. The lowest BCUT2D eigenvalue weighted by Crippen LogP contribution is -2.26. The van der Waals surface area contributed by atoms with Crippen LogP contribution in [0.25, 0.3) is 0 Å². The summed E-state index contributed by atoms with van der Waals surface area (Å²) in [5.41, 5.74) is 6.09. The van der Waals surface area contributed by atoms with Crippen LogP contribution in [0.2, 0.25) is 0 Å². The van der Waals surface area contributed by atoms with E-state index in [2.05, 4.69) is 22.8 Å². The Bertz CT molecular complexity index is 239. The molecule has 3 heteroatoms. The van der Waals surface area contributed by atoms with Crippen LogP contribution in [0.4, 0.5) is 0 Å². The second-order valence-electron chi connectivity index (χ2n) is 3.65. The number of hydrogen-bond donors (Lipinski definition) is 2. The van der Waals surface area contributed by atoms with Crippen molar-refractivity contribution in [3.05, 3.63) is 22.4 Å². The van der Waals surface area contributed by atoms with Crippen LogP contribution in [0.5, 0.6) is 0 Å². The normalized spacial score (nSPS) is 24.8. The second kappa shape index (κ2) is 4.22. The average Bonchev–Trinajstić information content (AvgIpc) is 2.74. The van der Waals surface area contributed by atoms with Gasteiger partial charge in [0.15, 0.2) is 0 Å². The molecule has 1 fully saturated rings. The largest absolute Gasteiger partial charge is 0.323 e. The molecule has 0 radical (unpaired) electrons. The van der Waals surface area contributed by atoms with Gasteiger partial charge in [-0.05, 0) is 37.3 Å². The molecule has 1 aliphatic heterocycles. The van der Waals surface area contributed by atoms with E-state index in [9.17, 15) is 0 Å². The molecule has 3 N–H and O–H groups in total. The van der Waals surface area contributed by atoms with Crippen molar-refractivity contribution in [1.82, 2.24) is 5.32 Å². The molecule has 0 bridgehead atoms. The summed E-state index contributed by atoms with van der Waals surface area (Å²) >= 11 is 1.76. The van der Waals surface area contributed by atoms with E-state index in [1.807, 2.05) is 0 Å². The molecule has 0 aliphatic carbocycles. The quantitative estimate of drug-likeness (QED) is 0.774. The van der Waals surface area contributed by atoms with Crippen molar-refractivity contribution in [1.29, 1.82) is 0 Å². The molecule has 0 spiro atoms. The Hall–Kier alpha value is -0.380. The van der Waals surface area contributed by atoms with E-state index in [0.717, 1.165) is 6.42 Å². The first-order valence-electron chi connectivity index (χ1n) is 4.88. The molecule has 1 aromatic heterocycles. The summed E-state index contributed by atoms with van der Waals surface area (Å²) in [6.07, 6.45) is 3.68. The van der Waals surface area contributed by atoms with Crippen LogP contribution < -0.4 is 11.1 Å². The van der Waals surface area contributed by atoms with E-state index in [0.29, 0.717) is 6.04 Å². The minimum Gasteiger partial charge on any atom is -0.323 e. The summed E-state index contributed by atoms with van der Waals surface area (Å²) in [4.78, 5) is 1.31. The summed E-state index contributed by atoms with van der Waals surface area (Å²) in [7, 11) is 0. The van der Waals surface area contributed by atoms with Gasteiger partial charge in [0.1, 0.15) is 0 Å². The Balaban J connectivity index is 1.87. The standard InChI is InChI=1S/C10H16N2S/c11-9(10-4-2-6-13-10)7-8-3-1-5-12-8/h2,4,6,8-9,12H,1,3,5,7,11H2. The Morgan fingerprint density at radius 2 is 2.62 bits per heavy atom. The third-order valence-electron chi connectivity index (χ3n) is 2.61. The van der Waals surface area contributed by atoms with Gasteiger partial charge in [-0.3, -0.25) is 0 Å². The lowest BCUT2D eigenvalue weighted by molar-refractivity contribution is 0.503. The first-order valence-corrected chi connectivity index (χ1v) is 5.76. The minimum absolute atomic E-state index is 0.232. The third-order valence-corrected chi connectivity index (χ3v) is 3.61. The molecule has 2 heterocycles. The molecular weight excluding hydrogens is 180 g/mol. The summed E-state index contributed by atoms with van der Waals surface area (Å²) in [5, 5.41) is 5.57. The fourth-order valence-corrected chi connectivity index (χ4v) is 2.63. The molecule has 0 saturated carbocycles. The van der Waals surface area contributed by atoms with Gasteiger partial charge in [0.05, 0.1) is 0 Å². The van der Waals surface area contributed by atoms with Crippen LogP contribution in [0.3, 0.4) is 0 Å². The molecule has 72 valence electrons. The zero-order valence-electron chi connectivity index (χ0n) is 7.70. The lowest BCUT2D eigenvalue weighted by atomic mass is 10.1. The minimum atomic E-state index is 0.232. The van der Waals surface area contributed by atoms with Crippen LogP contribution in [-0.2, 0) is 0 Å². The monoisotopic (exact) mass is 196 g/mol. The molecule has 2 atom stereocenters. The average molecular weight is 196 g/mol. The van der Waals surface area contributed by atoms with E-state index >= 15 is 0 Å². The number of hydrogen-bond acceptors (Lipinski definition) is 3. The molecule has 0 amide bonds. The predicted octanol–water partition coefficient (Wildman–Crippen LogP) is 1.89. The van der Waals surface area contributed by atoms with Gasteiger partial charge in [-0.25, -0.2) is 0 Å². The number of rotatable bonds is 3. The van der Waals surface area contributed by atoms with Crippen molar-refractivity contribution >= 4 is 11.3 Å². The van der Waals surface area contributed by atoms with Crippen molar-refractivity contribution in [2.24, 2.45) is 5.73 Å². The van der Waals surface area contributed by atoms with Gasteiger partial charge in [-0.15, -0.1) is 11.3 Å². The van der Waals surface area contributed by atoms with E-state index in [4.69, 9.17) is 5.73 Å². The maximum Gasteiger partial charge on any atom is 0.0404 e. The Labute approximate surface area is 83.1 Å². The SMILES string of the molecule is NC(CC1CCCN1)c1cccs1. The topological polar surface area (TPSA) is 38.0 Å². The van der Waals surface area contributed by atoms with Crippen LogP contribution >= 0.6 is 11.3 Å². The van der Waals surface area contributed by atoms with E-state index < -0.39 is 0 Å². The van der Waals surface area contributed by atoms with Gasteiger partial charge in [0, 0.05) is 17.0 Å². The van der Waals surface area contributed by atoms with Crippen molar-refractivity contribution in [2.45, 2.75) is 31.3 Å². The van der Waals surface area contributed by atoms with Crippen LogP contribution in [0, 0.1) is 0 Å². The molecule has 0 aromatic carbocycles. The number of thiophene rings is 1. The highest BCUT2D eigenvalue weighted by Gasteiger charge is 2.18. The lowest BCUT2D eigenvalue weighted by Gasteiger charge is -2.15. The molecule has 1 aliphatic rings. The highest BCUT2D eigenvalue weighted by molar-refractivity contribution is 7.10. The molecular formula is C10H16N2S. The molecule has 1 aromatic rings. The van der Waals surface area contributed by atoms with Crippen LogP contribution in [-0.4, -0.2) is 12.6 Å². The summed E-state index contributed by atoms with van der Waals surface area (Å²) < 4.78 is 0. The zero-order valence-corrected chi connectivity index (χ0v) is 8.52. The van der Waals surface area contributed by atoms with Gasteiger partial charge >= 0.3 is 0 Å². The zero-order chi connectivity index (χ0) is 9.10. The number of nitrogens with two attached hydrogens (primary N) is 1. The first-order chi connectivity index (χ1) is 6.36. The predicted molar refractivity (Wildman–Crippen MR) is 56.9 cm³/mol. The maximum atomic E-state index is 6.09. The highest BCUT2D eigenvalue weighted by Crippen LogP contribution is 2.23. The van der Waals surface area contributed by atoms with Crippen LogP contribution in [0.1, 0.15) is 30.2 Å². The molecule has 13 heavy (non-hydrogen) atoms. The maximum absolute atomic E-state index is 6.09. The molecule has 1 saturated heterocycles. The van der Waals surface area contributed by atoms with Crippen molar-refractivity contribution in [3.63, 3.8) is 0 Å². The van der Waals surface area contributed by atoms with Crippen molar-refractivity contribution < 1.29 is 0 Å². The Morgan fingerprint density at radius 1 is 1.69 bits per heavy atom. The highest BCUT2D eigenvalue weighted by atomic mass is 32.1. The van der Waals surface area contributed by atoms with Crippen molar-refractivity contribution in [3.8, 4) is 0 Å².